The fourth-order valence-electron chi connectivity index (χ4n) is 2.12. The van der Waals surface area contributed by atoms with E-state index in [0.29, 0.717) is 19.5 Å². The lowest BCUT2D eigenvalue weighted by atomic mass is 10.0. The summed E-state index contributed by atoms with van der Waals surface area (Å²) >= 11 is 0. The maximum atomic E-state index is 5.27. The van der Waals surface area contributed by atoms with Gasteiger partial charge in [-0.2, -0.15) is 0 Å². The molecule has 0 aromatic heterocycles. The van der Waals surface area contributed by atoms with Crippen LogP contribution in [0, 0.1) is 0 Å². The van der Waals surface area contributed by atoms with E-state index in [1.54, 1.807) is 0 Å². The van der Waals surface area contributed by atoms with Crippen molar-refractivity contribution in [2.45, 2.75) is 41.0 Å². The Kier molecular flexibility index (Phi) is 7.96. The minimum Gasteiger partial charge on any atom is -0.454 e. The molecule has 0 radical (unpaired) electrons. The third-order valence-corrected chi connectivity index (χ3v) is 3.34. The van der Waals surface area contributed by atoms with E-state index < -0.39 is 0 Å². The average Bonchev–Trinajstić information content (AvgIpc) is 3.25. The fourth-order valence-corrected chi connectivity index (χ4v) is 2.12. The molecular weight excluding hydrogens is 304 g/mol. The topological polar surface area (TPSA) is 36.9 Å². The summed E-state index contributed by atoms with van der Waals surface area (Å²) in [5.74, 6) is 3.97. The molecule has 0 fully saturated rings. The second-order valence-electron chi connectivity index (χ2n) is 5.12. The maximum absolute atomic E-state index is 5.27. The summed E-state index contributed by atoms with van der Waals surface area (Å²) in [6.45, 7) is 9.05. The van der Waals surface area contributed by atoms with E-state index in [1.165, 1.54) is 5.56 Å². The largest absolute Gasteiger partial charge is 0.454 e. The average molecular weight is 332 g/mol. The molecule has 0 unspecified atom stereocenters. The van der Waals surface area contributed by atoms with Crippen molar-refractivity contribution in [3.8, 4) is 23.0 Å². The van der Waals surface area contributed by atoms with Crippen molar-refractivity contribution < 1.29 is 18.9 Å². The van der Waals surface area contributed by atoms with Crippen LogP contribution in [0.4, 0.5) is 0 Å². The number of benzene rings is 2. The summed E-state index contributed by atoms with van der Waals surface area (Å²) in [5, 5.41) is 0. The Labute approximate surface area is 145 Å². The first-order valence-corrected chi connectivity index (χ1v) is 7.98. The number of para-hydroxylation sites is 2. The number of fused-ring (bicyclic) bond motifs is 2. The van der Waals surface area contributed by atoms with Gasteiger partial charge in [-0.1, -0.05) is 53.3 Å². The number of hydrogen-bond acceptors (Lipinski definition) is 4. The van der Waals surface area contributed by atoms with E-state index >= 15 is 0 Å². The minimum absolute atomic E-state index is 0. The van der Waals surface area contributed by atoms with Gasteiger partial charge in [0, 0.05) is 0 Å². The normalized spacial score (nSPS) is 12.4. The molecule has 2 aliphatic heterocycles. The second-order valence-corrected chi connectivity index (χ2v) is 5.12. The zero-order chi connectivity index (χ0) is 16.7. The molecule has 0 saturated heterocycles. The Bertz CT molecular complexity index is 600. The molecule has 0 spiro atoms. The Hall–Kier alpha value is -2.36. The highest BCUT2D eigenvalue weighted by Gasteiger charge is 2.13. The van der Waals surface area contributed by atoms with Crippen LogP contribution >= 0.6 is 0 Å². The zero-order valence-corrected chi connectivity index (χ0v) is 14.2. The summed E-state index contributed by atoms with van der Waals surface area (Å²) < 4.78 is 20.6. The van der Waals surface area contributed by atoms with Crippen molar-refractivity contribution in [1.82, 2.24) is 0 Å². The van der Waals surface area contributed by atoms with Crippen LogP contribution < -0.4 is 18.9 Å². The summed E-state index contributed by atoms with van der Waals surface area (Å²) in [6.07, 6.45) is 0. The maximum Gasteiger partial charge on any atom is 0.231 e. The molecular formula is C20H28O4. The molecule has 0 atom stereocenters. The monoisotopic (exact) mass is 332 g/mol. The lowest BCUT2D eigenvalue weighted by molar-refractivity contribution is 0.173. The van der Waals surface area contributed by atoms with Crippen molar-refractivity contribution in [2.24, 2.45) is 0 Å². The van der Waals surface area contributed by atoms with Gasteiger partial charge in [0.1, 0.15) is 0 Å². The van der Waals surface area contributed by atoms with Crippen LogP contribution in [0.15, 0.2) is 42.5 Å². The molecule has 0 aliphatic carbocycles. The van der Waals surface area contributed by atoms with Crippen molar-refractivity contribution in [3.05, 3.63) is 48.0 Å². The Morgan fingerprint density at radius 1 is 0.708 bits per heavy atom. The predicted octanol–water partition coefficient (Wildman–Crippen LogP) is 5.62. The van der Waals surface area contributed by atoms with Gasteiger partial charge in [-0.15, -0.1) is 0 Å². The van der Waals surface area contributed by atoms with Gasteiger partial charge in [0.2, 0.25) is 13.6 Å². The van der Waals surface area contributed by atoms with Crippen LogP contribution in [0.1, 0.15) is 46.6 Å². The molecule has 2 aromatic rings. The fraction of sp³-hybridized carbons (Fsp3) is 0.400. The third kappa shape index (κ3) is 4.82. The van der Waals surface area contributed by atoms with Gasteiger partial charge in [-0.25, -0.2) is 0 Å². The highest BCUT2D eigenvalue weighted by atomic mass is 16.7. The highest BCUT2D eigenvalue weighted by molar-refractivity contribution is 5.45. The van der Waals surface area contributed by atoms with Gasteiger partial charge in [0.05, 0.1) is 0 Å². The molecule has 0 bridgehead atoms. The Morgan fingerprint density at radius 3 is 1.67 bits per heavy atom. The second kappa shape index (κ2) is 9.71. The summed E-state index contributed by atoms with van der Waals surface area (Å²) in [5.41, 5.74) is 1.29. The van der Waals surface area contributed by atoms with E-state index in [-0.39, 0.29) is 7.43 Å². The summed E-state index contributed by atoms with van der Waals surface area (Å²) in [6, 6.07) is 13.7. The van der Waals surface area contributed by atoms with Crippen molar-refractivity contribution >= 4 is 0 Å². The van der Waals surface area contributed by atoms with Crippen LogP contribution in [0.3, 0.4) is 0 Å². The molecule has 132 valence electrons. The van der Waals surface area contributed by atoms with Crippen molar-refractivity contribution in [1.29, 1.82) is 0 Å². The molecule has 0 N–H and O–H groups in total. The van der Waals surface area contributed by atoms with E-state index in [2.05, 4.69) is 19.9 Å². The summed E-state index contributed by atoms with van der Waals surface area (Å²) in [4.78, 5) is 0. The van der Waals surface area contributed by atoms with E-state index in [9.17, 15) is 0 Å². The first kappa shape index (κ1) is 19.7. The van der Waals surface area contributed by atoms with Crippen molar-refractivity contribution in [3.63, 3.8) is 0 Å². The van der Waals surface area contributed by atoms with Gasteiger partial charge in [0.25, 0.3) is 0 Å². The van der Waals surface area contributed by atoms with Gasteiger partial charge < -0.3 is 18.9 Å². The lowest BCUT2D eigenvalue weighted by Gasteiger charge is -2.05. The van der Waals surface area contributed by atoms with Crippen LogP contribution in [0.2, 0.25) is 0 Å². The summed E-state index contributed by atoms with van der Waals surface area (Å²) in [7, 11) is 0. The minimum atomic E-state index is 0. The third-order valence-electron chi connectivity index (χ3n) is 3.34. The van der Waals surface area contributed by atoms with Gasteiger partial charge >= 0.3 is 0 Å². The Balaban J connectivity index is 0.000000215. The van der Waals surface area contributed by atoms with Crippen molar-refractivity contribution in [2.75, 3.05) is 13.6 Å². The standard InChI is InChI=1S/C10H12O2.C7H6O2.C2H6.CH4/c1-7(2)8-3-4-9-10(5-8)12-6-11-9;1-2-4-7-6(3-1)8-5-9-7;1-2;/h3-5,7H,6H2,1-2H3;1-4H,5H2;1-2H3;1H4. The van der Waals surface area contributed by atoms with Crippen LogP contribution in [-0.4, -0.2) is 13.6 Å². The SMILES string of the molecule is C.CC.CC(C)c1ccc2c(c1)OCO2.c1ccc2c(c1)OCO2. The molecule has 4 rings (SSSR count). The molecule has 2 aromatic carbocycles. The quantitative estimate of drug-likeness (QED) is 0.679. The highest BCUT2D eigenvalue weighted by Crippen LogP contribution is 2.34. The molecule has 4 heteroatoms. The number of ether oxygens (including phenoxy) is 4. The molecule has 0 saturated carbocycles. The Morgan fingerprint density at radius 2 is 1.17 bits per heavy atom. The van der Waals surface area contributed by atoms with E-state index in [4.69, 9.17) is 18.9 Å². The molecule has 2 heterocycles. The molecule has 4 nitrogen and oxygen atoms in total. The van der Waals surface area contributed by atoms with Crippen LogP contribution in [0.25, 0.3) is 0 Å². The van der Waals surface area contributed by atoms with E-state index in [0.717, 1.165) is 23.0 Å². The van der Waals surface area contributed by atoms with Gasteiger partial charge in [0.15, 0.2) is 23.0 Å². The first-order chi connectivity index (χ1) is 11.2. The van der Waals surface area contributed by atoms with E-state index in [1.807, 2.05) is 50.2 Å². The van der Waals surface area contributed by atoms with Crippen LogP contribution in [0.5, 0.6) is 23.0 Å². The van der Waals surface area contributed by atoms with Gasteiger partial charge in [-0.05, 0) is 35.7 Å². The zero-order valence-electron chi connectivity index (χ0n) is 14.2. The lowest BCUT2D eigenvalue weighted by Crippen LogP contribution is -1.93. The smallest absolute Gasteiger partial charge is 0.231 e. The van der Waals surface area contributed by atoms with Crippen LogP contribution in [-0.2, 0) is 0 Å². The molecule has 2 aliphatic rings. The van der Waals surface area contributed by atoms with Gasteiger partial charge in [-0.3, -0.25) is 0 Å². The number of rotatable bonds is 1. The predicted molar refractivity (Wildman–Crippen MR) is 97.3 cm³/mol. The molecule has 0 amide bonds. The molecule has 24 heavy (non-hydrogen) atoms. The first-order valence-electron chi connectivity index (χ1n) is 7.98. The number of hydrogen-bond donors (Lipinski definition) is 0.